The maximum Gasteiger partial charge on any atom is 0.292 e. The van der Waals surface area contributed by atoms with Crippen LogP contribution in [0.3, 0.4) is 0 Å². The fourth-order valence-corrected chi connectivity index (χ4v) is 3.28. The van der Waals surface area contributed by atoms with E-state index >= 15 is 0 Å². The van der Waals surface area contributed by atoms with Crippen molar-refractivity contribution < 1.29 is 4.79 Å². The molecule has 0 fully saturated rings. The van der Waals surface area contributed by atoms with Gasteiger partial charge in [0.2, 0.25) is 0 Å². The maximum absolute atomic E-state index is 12.8. The minimum atomic E-state index is -0.456. The van der Waals surface area contributed by atoms with E-state index in [4.69, 9.17) is 0 Å². The third-order valence-electron chi connectivity index (χ3n) is 4.80. The molecule has 0 aliphatic heterocycles. The quantitative estimate of drug-likeness (QED) is 0.392. The summed E-state index contributed by atoms with van der Waals surface area (Å²) < 4.78 is 1.37. The summed E-state index contributed by atoms with van der Waals surface area (Å²) in [6.07, 6.45) is 5.16. The SMILES string of the molecule is CCCCn1nc(C(=O)N/N=C/c2c[nH]c3ccccc23)c2ccccc2c1=O. The van der Waals surface area contributed by atoms with Crippen LogP contribution in [-0.2, 0) is 6.54 Å². The van der Waals surface area contributed by atoms with E-state index < -0.39 is 5.91 Å². The standard InChI is InChI=1S/C22H21N5O2/c1-2-3-12-27-22(29)18-10-5-4-9-17(18)20(26-27)21(28)25-24-14-15-13-23-19-11-7-6-8-16(15)19/h4-11,13-14,23H,2-3,12H2,1H3,(H,25,28)/b24-14+. The van der Waals surface area contributed by atoms with Crippen LogP contribution in [0, 0.1) is 0 Å². The molecule has 0 saturated carbocycles. The van der Waals surface area contributed by atoms with Gasteiger partial charge in [0.15, 0.2) is 5.69 Å². The average Bonchev–Trinajstić information content (AvgIpc) is 3.16. The van der Waals surface area contributed by atoms with Gasteiger partial charge in [0, 0.05) is 34.6 Å². The molecule has 7 nitrogen and oxygen atoms in total. The van der Waals surface area contributed by atoms with Crippen molar-refractivity contribution in [1.29, 1.82) is 0 Å². The van der Waals surface area contributed by atoms with Crippen LogP contribution in [0.5, 0.6) is 0 Å². The highest BCUT2D eigenvalue weighted by molar-refractivity contribution is 6.05. The van der Waals surface area contributed by atoms with Crippen molar-refractivity contribution in [3.05, 3.63) is 76.3 Å². The van der Waals surface area contributed by atoms with Crippen LogP contribution in [0.1, 0.15) is 35.8 Å². The molecule has 29 heavy (non-hydrogen) atoms. The van der Waals surface area contributed by atoms with E-state index in [0.29, 0.717) is 17.3 Å². The first-order valence-electron chi connectivity index (χ1n) is 9.58. The zero-order valence-electron chi connectivity index (χ0n) is 16.1. The maximum atomic E-state index is 12.8. The summed E-state index contributed by atoms with van der Waals surface area (Å²) in [5.74, 6) is -0.456. The normalized spacial score (nSPS) is 11.5. The number of fused-ring (bicyclic) bond motifs is 2. The number of carbonyl (C=O) groups is 1. The molecule has 2 aromatic carbocycles. The number of aromatic amines is 1. The predicted octanol–water partition coefficient (Wildman–Crippen LogP) is 3.44. The first-order valence-corrected chi connectivity index (χ1v) is 9.58. The number of H-pyrrole nitrogens is 1. The first kappa shape index (κ1) is 18.6. The number of para-hydroxylation sites is 1. The third kappa shape index (κ3) is 3.67. The van der Waals surface area contributed by atoms with Crippen LogP contribution >= 0.6 is 0 Å². The lowest BCUT2D eigenvalue weighted by molar-refractivity contribution is 0.0949. The Bertz CT molecular complexity index is 1270. The van der Waals surface area contributed by atoms with Crippen LogP contribution < -0.4 is 11.0 Å². The molecular formula is C22H21N5O2. The van der Waals surface area contributed by atoms with E-state index in [1.54, 1.807) is 30.5 Å². The van der Waals surface area contributed by atoms with E-state index in [1.165, 1.54) is 4.68 Å². The van der Waals surface area contributed by atoms with Crippen LogP contribution in [0.25, 0.3) is 21.7 Å². The van der Waals surface area contributed by atoms with Gasteiger partial charge in [-0.1, -0.05) is 49.7 Å². The second-order valence-electron chi connectivity index (χ2n) is 6.76. The van der Waals surface area contributed by atoms with Crippen LogP contribution in [0.4, 0.5) is 0 Å². The van der Waals surface area contributed by atoms with Gasteiger partial charge in [-0.3, -0.25) is 9.59 Å². The molecule has 0 aliphatic rings. The summed E-state index contributed by atoms with van der Waals surface area (Å²) in [5, 5.41) is 10.4. The van der Waals surface area contributed by atoms with E-state index in [-0.39, 0.29) is 11.3 Å². The number of rotatable bonds is 6. The number of nitrogens with zero attached hydrogens (tertiary/aromatic N) is 3. The molecule has 0 bridgehead atoms. The van der Waals surface area contributed by atoms with Gasteiger partial charge in [0.1, 0.15) is 0 Å². The molecule has 2 N–H and O–H groups in total. The van der Waals surface area contributed by atoms with Gasteiger partial charge in [0.25, 0.3) is 11.5 Å². The second-order valence-corrected chi connectivity index (χ2v) is 6.76. The minimum Gasteiger partial charge on any atom is -0.361 e. The minimum absolute atomic E-state index is 0.187. The monoisotopic (exact) mass is 387 g/mol. The Morgan fingerprint density at radius 3 is 2.66 bits per heavy atom. The number of amides is 1. The van der Waals surface area contributed by atoms with Crippen molar-refractivity contribution in [2.45, 2.75) is 26.3 Å². The molecule has 4 aromatic rings. The highest BCUT2D eigenvalue weighted by Crippen LogP contribution is 2.16. The number of nitrogens with one attached hydrogen (secondary N) is 2. The molecule has 7 heteroatoms. The Morgan fingerprint density at radius 1 is 1.14 bits per heavy atom. The van der Waals surface area contributed by atoms with Crippen molar-refractivity contribution in [3.8, 4) is 0 Å². The van der Waals surface area contributed by atoms with E-state index in [0.717, 1.165) is 29.3 Å². The topological polar surface area (TPSA) is 92.1 Å². The number of hydrogen-bond acceptors (Lipinski definition) is 4. The molecule has 0 atom stereocenters. The highest BCUT2D eigenvalue weighted by Gasteiger charge is 2.16. The number of hydrogen-bond donors (Lipinski definition) is 2. The molecule has 0 radical (unpaired) electrons. The highest BCUT2D eigenvalue weighted by atomic mass is 16.2. The van der Waals surface area contributed by atoms with Crippen molar-refractivity contribution >= 4 is 33.8 Å². The fraction of sp³-hybridized carbons (Fsp3) is 0.182. The zero-order chi connectivity index (χ0) is 20.2. The van der Waals surface area contributed by atoms with Crippen molar-refractivity contribution in [3.63, 3.8) is 0 Å². The fourth-order valence-electron chi connectivity index (χ4n) is 3.28. The largest absolute Gasteiger partial charge is 0.361 e. The molecule has 0 aliphatic carbocycles. The molecule has 2 aromatic heterocycles. The lowest BCUT2D eigenvalue weighted by Gasteiger charge is -2.09. The van der Waals surface area contributed by atoms with Gasteiger partial charge in [-0.25, -0.2) is 10.1 Å². The number of carbonyl (C=O) groups excluding carboxylic acids is 1. The molecule has 4 rings (SSSR count). The Hall–Kier alpha value is -3.74. The third-order valence-corrected chi connectivity index (χ3v) is 4.80. The van der Waals surface area contributed by atoms with E-state index in [1.807, 2.05) is 37.4 Å². The van der Waals surface area contributed by atoms with Crippen molar-refractivity contribution in [2.75, 3.05) is 0 Å². The number of benzene rings is 2. The summed E-state index contributed by atoms with van der Waals surface area (Å²) in [7, 11) is 0. The number of unbranched alkanes of at least 4 members (excludes halogenated alkanes) is 1. The molecule has 2 heterocycles. The van der Waals surface area contributed by atoms with Crippen LogP contribution in [0.2, 0.25) is 0 Å². The summed E-state index contributed by atoms with van der Waals surface area (Å²) in [6.45, 7) is 2.51. The van der Waals surface area contributed by atoms with Crippen LogP contribution in [-0.4, -0.2) is 26.9 Å². The second kappa shape index (κ2) is 8.10. The van der Waals surface area contributed by atoms with Gasteiger partial charge in [-0.05, 0) is 18.6 Å². The first-order chi connectivity index (χ1) is 14.2. The number of aromatic nitrogens is 3. The molecule has 146 valence electrons. The van der Waals surface area contributed by atoms with Gasteiger partial charge in [0.05, 0.1) is 11.6 Å². The molecule has 0 spiro atoms. The Kier molecular flexibility index (Phi) is 5.20. The van der Waals surface area contributed by atoms with E-state index in [9.17, 15) is 9.59 Å². The van der Waals surface area contributed by atoms with Gasteiger partial charge in [-0.15, -0.1) is 0 Å². The van der Waals surface area contributed by atoms with E-state index in [2.05, 4.69) is 20.6 Å². The number of aryl methyl sites for hydroxylation is 1. The molecule has 1 amide bonds. The molecule has 0 saturated heterocycles. The predicted molar refractivity (Wildman–Crippen MR) is 114 cm³/mol. The molecule has 0 unspecified atom stereocenters. The summed E-state index contributed by atoms with van der Waals surface area (Å²) in [4.78, 5) is 28.6. The molecular weight excluding hydrogens is 366 g/mol. The summed E-state index contributed by atoms with van der Waals surface area (Å²) in [6, 6.07) is 14.9. The van der Waals surface area contributed by atoms with Gasteiger partial charge < -0.3 is 4.98 Å². The van der Waals surface area contributed by atoms with Gasteiger partial charge in [-0.2, -0.15) is 10.2 Å². The Morgan fingerprint density at radius 2 is 1.86 bits per heavy atom. The summed E-state index contributed by atoms with van der Waals surface area (Å²) >= 11 is 0. The number of hydrazone groups is 1. The van der Waals surface area contributed by atoms with Crippen LogP contribution in [0.15, 0.2) is 64.6 Å². The smallest absolute Gasteiger partial charge is 0.292 e. The lowest BCUT2D eigenvalue weighted by Crippen LogP contribution is -2.29. The van der Waals surface area contributed by atoms with Crippen molar-refractivity contribution in [1.82, 2.24) is 20.2 Å². The Balaban J connectivity index is 1.64. The lowest BCUT2D eigenvalue weighted by atomic mass is 10.1. The van der Waals surface area contributed by atoms with Gasteiger partial charge >= 0.3 is 0 Å². The Labute approximate surface area is 167 Å². The zero-order valence-corrected chi connectivity index (χ0v) is 16.1. The summed E-state index contributed by atoms with van der Waals surface area (Å²) in [5.41, 5.74) is 4.40. The average molecular weight is 387 g/mol. The van der Waals surface area contributed by atoms with Crippen molar-refractivity contribution in [2.24, 2.45) is 5.10 Å².